The third-order valence-corrected chi connectivity index (χ3v) is 7.67. The highest BCUT2D eigenvalue weighted by molar-refractivity contribution is 7.89. The second-order valence-corrected chi connectivity index (χ2v) is 9.75. The molecular formula is C19H18ClFN4O2S2. The van der Waals surface area contributed by atoms with E-state index in [1.807, 2.05) is 29.2 Å². The molecule has 152 valence electrons. The van der Waals surface area contributed by atoms with Crippen molar-refractivity contribution < 1.29 is 12.8 Å². The molecule has 1 aliphatic heterocycles. The van der Waals surface area contributed by atoms with Crippen LogP contribution in [0.1, 0.15) is 11.4 Å². The number of halogens is 2. The number of hydrogen-bond donors (Lipinski definition) is 0. The Morgan fingerprint density at radius 1 is 1.00 bits per heavy atom. The standard InChI is InChI=1S/C19H18ClFN4O2S2/c20-15-3-1-14(2-4-15)13-18-22-19(28-23-18)24-9-11-25(12-10-24)29(26,27)17-7-5-16(21)6-8-17/h1-8H,9-13H2. The third kappa shape index (κ3) is 4.58. The van der Waals surface area contributed by atoms with Crippen LogP contribution in [0.5, 0.6) is 0 Å². The van der Waals surface area contributed by atoms with Gasteiger partial charge < -0.3 is 4.90 Å². The van der Waals surface area contributed by atoms with Crippen molar-refractivity contribution >= 4 is 38.3 Å². The maximum Gasteiger partial charge on any atom is 0.243 e. The van der Waals surface area contributed by atoms with Crippen molar-refractivity contribution in [2.24, 2.45) is 0 Å². The van der Waals surface area contributed by atoms with Crippen molar-refractivity contribution in [2.75, 3.05) is 31.1 Å². The molecule has 0 amide bonds. The molecule has 6 nitrogen and oxygen atoms in total. The number of sulfonamides is 1. The van der Waals surface area contributed by atoms with Crippen molar-refractivity contribution in [1.29, 1.82) is 0 Å². The Hall–Kier alpha value is -2.07. The summed E-state index contributed by atoms with van der Waals surface area (Å²) < 4.78 is 44.4. The predicted octanol–water partition coefficient (Wildman–Crippen LogP) is 3.43. The maximum absolute atomic E-state index is 13.1. The van der Waals surface area contributed by atoms with E-state index >= 15 is 0 Å². The van der Waals surface area contributed by atoms with E-state index in [2.05, 4.69) is 9.36 Å². The van der Waals surface area contributed by atoms with Gasteiger partial charge in [0.15, 0.2) is 0 Å². The minimum atomic E-state index is -3.63. The lowest BCUT2D eigenvalue weighted by molar-refractivity contribution is 0.384. The van der Waals surface area contributed by atoms with Crippen molar-refractivity contribution in [3.05, 3.63) is 70.8 Å². The fourth-order valence-electron chi connectivity index (χ4n) is 3.11. The van der Waals surface area contributed by atoms with Gasteiger partial charge >= 0.3 is 0 Å². The molecule has 1 saturated heterocycles. The summed E-state index contributed by atoms with van der Waals surface area (Å²) in [5.74, 6) is 0.271. The molecule has 10 heteroatoms. The van der Waals surface area contributed by atoms with Gasteiger partial charge in [-0.3, -0.25) is 0 Å². The first-order valence-electron chi connectivity index (χ1n) is 8.99. The molecule has 0 N–H and O–H groups in total. The van der Waals surface area contributed by atoms with Gasteiger partial charge in [-0.15, -0.1) is 0 Å². The highest BCUT2D eigenvalue weighted by atomic mass is 35.5. The number of rotatable bonds is 5. The number of aromatic nitrogens is 2. The number of hydrogen-bond acceptors (Lipinski definition) is 6. The van der Waals surface area contributed by atoms with Crippen molar-refractivity contribution in [2.45, 2.75) is 11.3 Å². The van der Waals surface area contributed by atoms with Gasteiger partial charge in [-0.25, -0.2) is 17.8 Å². The molecule has 0 saturated carbocycles. The number of nitrogens with zero attached hydrogens (tertiary/aromatic N) is 4. The summed E-state index contributed by atoms with van der Waals surface area (Å²) in [4.78, 5) is 6.74. The SMILES string of the molecule is O=S(=O)(c1ccc(F)cc1)N1CCN(c2nc(Cc3ccc(Cl)cc3)ns2)CC1. The van der Waals surface area contributed by atoms with E-state index in [9.17, 15) is 12.8 Å². The van der Waals surface area contributed by atoms with Crippen LogP contribution in [0.2, 0.25) is 5.02 Å². The van der Waals surface area contributed by atoms with Crippen LogP contribution in [-0.2, 0) is 16.4 Å². The first-order valence-corrected chi connectivity index (χ1v) is 11.6. The average molecular weight is 453 g/mol. The quantitative estimate of drug-likeness (QED) is 0.593. The van der Waals surface area contributed by atoms with Crippen LogP contribution in [0.3, 0.4) is 0 Å². The Bertz CT molecular complexity index is 1080. The van der Waals surface area contributed by atoms with E-state index in [0.29, 0.717) is 37.6 Å². The van der Waals surface area contributed by atoms with Gasteiger partial charge in [-0.1, -0.05) is 23.7 Å². The Balaban J connectivity index is 1.39. The van der Waals surface area contributed by atoms with E-state index < -0.39 is 15.8 Å². The van der Waals surface area contributed by atoms with Crippen LogP contribution in [0.25, 0.3) is 0 Å². The Morgan fingerprint density at radius 3 is 2.31 bits per heavy atom. The number of piperazine rings is 1. The molecule has 1 aliphatic rings. The normalized spacial score (nSPS) is 15.6. The second-order valence-electron chi connectivity index (χ2n) is 6.64. The van der Waals surface area contributed by atoms with E-state index in [0.717, 1.165) is 28.7 Å². The molecular weight excluding hydrogens is 435 g/mol. The molecule has 0 spiro atoms. The summed E-state index contributed by atoms with van der Waals surface area (Å²) in [5, 5.41) is 1.47. The fourth-order valence-corrected chi connectivity index (χ4v) is 5.39. The van der Waals surface area contributed by atoms with Crippen LogP contribution in [0.4, 0.5) is 9.52 Å². The van der Waals surface area contributed by atoms with E-state index in [-0.39, 0.29) is 4.90 Å². The summed E-state index contributed by atoms with van der Waals surface area (Å²) in [6.07, 6.45) is 0.618. The van der Waals surface area contributed by atoms with E-state index in [4.69, 9.17) is 11.6 Å². The highest BCUT2D eigenvalue weighted by Crippen LogP contribution is 2.23. The zero-order chi connectivity index (χ0) is 20.4. The van der Waals surface area contributed by atoms with Crippen molar-refractivity contribution in [3.63, 3.8) is 0 Å². The monoisotopic (exact) mass is 452 g/mol. The Kier molecular flexibility index (Phi) is 5.82. The average Bonchev–Trinajstić information content (AvgIpc) is 3.19. The molecule has 1 fully saturated rings. The molecule has 0 unspecified atom stereocenters. The summed E-state index contributed by atoms with van der Waals surface area (Å²) in [7, 11) is -3.63. The molecule has 2 aromatic carbocycles. The summed E-state index contributed by atoms with van der Waals surface area (Å²) in [6, 6.07) is 12.5. The van der Waals surface area contributed by atoms with Crippen LogP contribution in [0.15, 0.2) is 53.4 Å². The predicted molar refractivity (Wildman–Crippen MR) is 112 cm³/mol. The molecule has 0 radical (unpaired) electrons. The van der Waals surface area contributed by atoms with Gasteiger partial charge in [0.2, 0.25) is 15.2 Å². The van der Waals surface area contributed by atoms with Crippen molar-refractivity contribution in [1.82, 2.24) is 13.7 Å². The van der Waals surface area contributed by atoms with E-state index in [1.54, 1.807) is 0 Å². The smallest absolute Gasteiger partial charge is 0.243 e. The van der Waals surface area contributed by atoms with Crippen LogP contribution < -0.4 is 4.90 Å². The zero-order valence-electron chi connectivity index (χ0n) is 15.3. The second kappa shape index (κ2) is 8.35. The summed E-state index contributed by atoms with van der Waals surface area (Å²) in [6.45, 7) is 1.73. The largest absolute Gasteiger partial charge is 0.344 e. The Labute approximate surface area is 177 Å². The molecule has 29 heavy (non-hydrogen) atoms. The van der Waals surface area contributed by atoms with Gasteiger partial charge in [0, 0.05) is 49.2 Å². The van der Waals surface area contributed by atoms with Crippen molar-refractivity contribution in [3.8, 4) is 0 Å². The molecule has 0 aliphatic carbocycles. The van der Waals surface area contributed by atoms with Gasteiger partial charge in [0.05, 0.1) is 4.90 Å². The molecule has 0 bridgehead atoms. The minimum absolute atomic E-state index is 0.105. The molecule has 2 heterocycles. The highest BCUT2D eigenvalue weighted by Gasteiger charge is 2.29. The van der Waals surface area contributed by atoms with Gasteiger partial charge in [0.1, 0.15) is 11.6 Å². The Morgan fingerprint density at radius 2 is 1.66 bits per heavy atom. The lowest BCUT2D eigenvalue weighted by atomic mass is 10.1. The first kappa shape index (κ1) is 20.2. The molecule has 4 rings (SSSR count). The third-order valence-electron chi connectivity index (χ3n) is 4.69. The van der Waals surface area contributed by atoms with Gasteiger partial charge in [0.25, 0.3) is 0 Å². The maximum atomic E-state index is 13.1. The first-order chi connectivity index (χ1) is 13.9. The lowest BCUT2D eigenvalue weighted by Crippen LogP contribution is -2.48. The van der Waals surface area contributed by atoms with Gasteiger partial charge in [-0.2, -0.15) is 8.68 Å². The molecule has 0 atom stereocenters. The van der Waals surface area contributed by atoms with Crippen LogP contribution in [0, 0.1) is 5.82 Å². The molecule has 1 aromatic heterocycles. The summed E-state index contributed by atoms with van der Waals surface area (Å²) in [5.41, 5.74) is 1.08. The minimum Gasteiger partial charge on any atom is -0.344 e. The van der Waals surface area contributed by atoms with E-state index in [1.165, 1.54) is 28.0 Å². The fraction of sp³-hybridized carbons (Fsp3) is 0.263. The van der Waals surface area contributed by atoms with Crippen LogP contribution in [-0.4, -0.2) is 48.3 Å². The topological polar surface area (TPSA) is 66.4 Å². The van der Waals surface area contributed by atoms with Gasteiger partial charge in [-0.05, 0) is 42.0 Å². The zero-order valence-corrected chi connectivity index (χ0v) is 17.7. The molecule has 3 aromatic rings. The number of anilines is 1. The van der Waals surface area contributed by atoms with Crippen LogP contribution >= 0.6 is 23.1 Å². The lowest BCUT2D eigenvalue weighted by Gasteiger charge is -2.33. The number of benzene rings is 2. The summed E-state index contributed by atoms with van der Waals surface area (Å²) >= 11 is 7.23.